The third-order valence-corrected chi connectivity index (χ3v) is 3.11. The van der Waals surface area contributed by atoms with Crippen molar-refractivity contribution in [2.24, 2.45) is 11.7 Å². The summed E-state index contributed by atoms with van der Waals surface area (Å²) < 4.78 is 4.90. The molecule has 1 aliphatic rings. The summed E-state index contributed by atoms with van der Waals surface area (Å²) in [6.07, 6.45) is 11.8. The minimum absolute atomic E-state index is 0.0281. The summed E-state index contributed by atoms with van der Waals surface area (Å²) in [5, 5.41) is 0. The Kier molecular flexibility index (Phi) is 5.16. The maximum Gasteiger partial charge on any atom is 0.353 e. The van der Waals surface area contributed by atoms with Gasteiger partial charge in [-0.1, -0.05) is 60.7 Å². The van der Waals surface area contributed by atoms with Crippen molar-refractivity contribution in [3.05, 3.63) is 77.5 Å². The number of carbonyl (C=O) groups is 1. The zero-order valence-corrected chi connectivity index (χ0v) is 12.0. The molecule has 0 saturated carbocycles. The van der Waals surface area contributed by atoms with Gasteiger partial charge in [-0.05, 0) is 24.1 Å². The standard InChI is InChI=1S/C18H19NO2/c1-2-21-18(20)17(19)13-16-11-7-6-10-15(16)12-14-8-4-3-5-9-14/h3-13,16H,2,19H2,1H3. The molecule has 0 radical (unpaired) electrons. The Morgan fingerprint density at radius 1 is 1.29 bits per heavy atom. The largest absolute Gasteiger partial charge is 0.461 e. The fourth-order valence-corrected chi connectivity index (χ4v) is 2.09. The van der Waals surface area contributed by atoms with Gasteiger partial charge in [-0.3, -0.25) is 0 Å². The van der Waals surface area contributed by atoms with E-state index in [4.69, 9.17) is 10.5 Å². The molecule has 2 N–H and O–H groups in total. The first kappa shape index (κ1) is 14.9. The molecule has 0 heterocycles. The molecular weight excluding hydrogens is 262 g/mol. The first-order valence-corrected chi connectivity index (χ1v) is 6.96. The number of allylic oxidation sites excluding steroid dienone is 6. The molecule has 3 heteroatoms. The molecule has 3 nitrogen and oxygen atoms in total. The van der Waals surface area contributed by atoms with Crippen LogP contribution in [0.25, 0.3) is 6.08 Å². The molecule has 0 bridgehead atoms. The molecule has 0 aliphatic heterocycles. The van der Waals surface area contributed by atoms with Gasteiger partial charge in [0.15, 0.2) is 0 Å². The van der Waals surface area contributed by atoms with Gasteiger partial charge < -0.3 is 10.5 Å². The Hall–Kier alpha value is -2.55. The van der Waals surface area contributed by atoms with E-state index in [9.17, 15) is 4.79 Å². The van der Waals surface area contributed by atoms with E-state index in [1.54, 1.807) is 13.0 Å². The molecule has 1 unspecified atom stereocenters. The highest BCUT2D eigenvalue weighted by Gasteiger charge is 2.13. The van der Waals surface area contributed by atoms with E-state index in [-0.39, 0.29) is 11.6 Å². The number of carbonyl (C=O) groups excluding carboxylic acids is 1. The Labute approximate surface area is 125 Å². The van der Waals surface area contributed by atoms with E-state index in [0.29, 0.717) is 6.61 Å². The normalized spacial score (nSPS) is 19.8. The smallest absolute Gasteiger partial charge is 0.353 e. The molecule has 0 amide bonds. The van der Waals surface area contributed by atoms with Crippen LogP contribution >= 0.6 is 0 Å². The van der Waals surface area contributed by atoms with Crippen LogP contribution in [0.3, 0.4) is 0 Å². The Balaban J connectivity index is 2.23. The van der Waals surface area contributed by atoms with Gasteiger partial charge in [0.25, 0.3) is 0 Å². The van der Waals surface area contributed by atoms with Gasteiger partial charge in [0, 0.05) is 5.92 Å². The number of nitrogens with two attached hydrogens (primary N) is 1. The second kappa shape index (κ2) is 7.29. The molecule has 1 aromatic carbocycles. The lowest BCUT2D eigenvalue weighted by atomic mass is 9.92. The van der Waals surface area contributed by atoms with E-state index in [0.717, 1.165) is 11.1 Å². The van der Waals surface area contributed by atoms with Gasteiger partial charge in [0.05, 0.1) is 6.61 Å². The Morgan fingerprint density at radius 3 is 2.76 bits per heavy atom. The van der Waals surface area contributed by atoms with Crippen molar-refractivity contribution in [3.63, 3.8) is 0 Å². The topological polar surface area (TPSA) is 52.3 Å². The predicted molar refractivity (Wildman–Crippen MR) is 85.1 cm³/mol. The fourth-order valence-electron chi connectivity index (χ4n) is 2.09. The summed E-state index contributed by atoms with van der Waals surface area (Å²) >= 11 is 0. The molecular formula is C18H19NO2. The van der Waals surface area contributed by atoms with E-state index in [1.165, 1.54) is 0 Å². The minimum Gasteiger partial charge on any atom is -0.461 e. The van der Waals surface area contributed by atoms with E-state index in [1.807, 2.05) is 54.6 Å². The van der Waals surface area contributed by atoms with E-state index < -0.39 is 5.97 Å². The average molecular weight is 281 g/mol. The van der Waals surface area contributed by atoms with Crippen LogP contribution < -0.4 is 5.73 Å². The summed E-state index contributed by atoms with van der Waals surface area (Å²) in [7, 11) is 0. The second-order valence-corrected chi connectivity index (χ2v) is 4.67. The monoisotopic (exact) mass is 281 g/mol. The van der Waals surface area contributed by atoms with Gasteiger partial charge in [0.1, 0.15) is 5.70 Å². The van der Waals surface area contributed by atoms with Crippen molar-refractivity contribution >= 4 is 12.0 Å². The van der Waals surface area contributed by atoms with Crippen molar-refractivity contribution < 1.29 is 9.53 Å². The average Bonchev–Trinajstić information content (AvgIpc) is 2.50. The summed E-state index contributed by atoms with van der Waals surface area (Å²) in [4.78, 5) is 11.6. The highest BCUT2D eigenvalue weighted by Crippen LogP contribution is 2.23. The van der Waals surface area contributed by atoms with Gasteiger partial charge in [-0.25, -0.2) is 4.79 Å². The van der Waals surface area contributed by atoms with Crippen molar-refractivity contribution in [1.29, 1.82) is 0 Å². The molecule has 1 aromatic rings. The number of ether oxygens (including phenoxy) is 1. The van der Waals surface area contributed by atoms with Gasteiger partial charge in [-0.15, -0.1) is 0 Å². The zero-order chi connectivity index (χ0) is 15.1. The van der Waals surface area contributed by atoms with E-state index in [2.05, 4.69) is 6.08 Å². The summed E-state index contributed by atoms with van der Waals surface area (Å²) in [6.45, 7) is 2.08. The zero-order valence-electron chi connectivity index (χ0n) is 12.0. The maximum atomic E-state index is 11.6. The molecule has 21 heavy (non-hydrogen) atoms. The third-order valence-electron chi connectivity index (χ3n) is 3.11. The minimum atomic E-state index is -0.473. The SMILES string of the molecule is CCOC(=O)C(N)=CC1C=CC=CC1=Cc1ccccc1. The van der Waals surface area contributed by atoms with Crippen LogP contribution in [0.4, 0.5) is 0 Å². The van der Waals surface area contributed by atoms with E-state index >= 15 is 0 Å². The summed E-state index contributed by atoms with van der Waals surface area (Å²) in [5.41, 5.74) is 8.12. The molecule has 0 fully saturated rings. The highest BCUT2D eigenvalue weighted by atomic mass is 16.5. The lowest BCUT2D eigenvalue weighted by Gasteiger charge is -2.14. The lowest BCUT2D eigenvalue weighted by molar-refractivity contribution is -0.138. The quantitative estimate of drug-likeness (QED) is 0.681. The van der Waals surface area contributed by atoms with Crippen LogP contribution in [0.2, 0.25) is 0 Å². The van der Waals surface area contributed by atoms with Crippen LogP contribution in [0.15, 0.2) is 72.0 Å². The molecule has 2 rings (SSSR count). The maximum absolute atomic E-state index is 11.6. The molecule has 0 spiro atoms. The van der Waals surface area contributed by atoms with Gasteiger partial charge >= 0.3 is 5.97 Å². The van der Waals surface area contributed by atoms with Crippen LogP contribution in [0.5, 0.6) is 0 Å². The third kappa shape index (κ3) is 4.21. The molecule has 1 atom stereocenters. The van der Waals surface area contributed by atoms with Crippen LogP contribution in [0, 0.1) is 5.92 Å². The highest BCUT2D eigenvalue weighted by molar-refractivity contribution is 5.87. The molecule has 1 aliphatic carbocycles. The first-order chi connectivity index (χ1) is 10.2. The molecule has 0 saturated heterocycles. The Bertz CT molecular complexity index is 609. The van der Waals surface area contributed by atoms with Gasteiger partial charge in [-0.2, -0.15) is 0 Å². The fraction of sp³-hybridized carbons (Fsp3) is 0.167. The van der Waals surface area contributed by atoms with Crippen molar-refractivity contribution in [3.8, 4) is 0 Å². The lowest BCUT2D eigenvalue weighted by Crippen LogP contribution is -2.16. The van der Waals surface area contributed by atoms with Crippen LogP contribution in [0.1, 0.15) is 12.5 Å². The Morgan fingerprint density at radius 2 is 2.05 bits per heavy atom. The number of hydrogen-bond acceptors (Lipinski definition) is 3. The van der Waals surface area contributed by atoms with Crippen LogP contribution in [-0.4, -0.2) is 12.6 Å². The van der Waals surface area contributed by atoms with Crippen molar-refractivity contribution in [1.82, 2.24) is 0 Å². The van der Waals surface area contributed by atoms with Crippen molar-refractivity contribution in [2.45, 2.75) is 6.92 Å². The summed E-state index contributed by atoms with van der Waals surface area (Å²) in [5.74, 6) is -0.501. The number of rotatable bonds is 4. The second-order valence-electron chi connectivity index (χ2n) is 4.67. The van der Waals surface area contributed by atoms with Crippen LogP contribution in [-0.2, 0) is 9.53 Å². The molecule has 0 aromatic heterocycles. The van der Waals surface area contributed by atoms with Gasteiger partial charge in [0.2, 0.25) is 0 Å². The van der Waals surface area contributed by atoms with Crippen molar-refractivity contribution in [2.75, 3.05) is 6.61 Å². The summed E-state index contributed by atoms with van der Waals surface area (Å²) in [6, 6.07) is 10.0. The number of esters is 1. The first-order valence-electron chi connectivity index (χ1n) is 6.96. The predicted octanol–water partition coefficient (Wildman–Crippen LogP) is 3.22. The number of hydrogen-bond donors (Lipinski definition) is 1. The molecule has 108 valence electrons. The number of benzene rings is 1.